The van der Waals surface area contributed by atoms with Crippen LogP contribution in [0.2, 0.25) is 0 Å². The van der Waals surface area contributed by atoms with Gasteiger partial charge >= 0.3 is 0 Å². The maximum absolute atomic E-state index is 13.0. The van der Waals surface area contributed by atoms with Crippen molar-refractivity contribution in [2.24, 2.45) is 0 Å². The lowest BCUT2D eigenvalue weighted by atomic mass is 10.2. The molecule has 0 aliphatic heterocycles. The van der Waals surface area contributed by atoms with Gasteiger partial charge in [-0.1, -0.05) is 18.2 Å². The number of nitro groups is 1. The zero-order chi connectivity index (χ0) is 17.5. The number of hydrogen-bond acceptors (Lipinski definition) is 5. The molecule has 128 valence electrons. The van der Waals surface area contributed by atoms with Crippen LogP contribution in [0.3, 0.4) is 0 Å². The van der Waals surface area contributed by atoms with E-state index in [4.69, 9.17) is 4.74 Å². The molecule has 6 nitrogen and oxygen atoms in total. The van der Waals surface area contributed by atoms with Crippen molar-refractivity contribution in [2.75, 3.05) is 13.2 Å². The molecule has 0 radical (unpaired) electrons. The van der Waals surface area contributed by atoms with Crippen molar-refractivity contribution in [3.05, 3.63) is 69.8 Å². The Morgan fingerprint density at radius 2 is 1.96 bits per heavy atom. The molecule has 2 aromatic carbocycles. The fraction of sp³-hybridized carbons (Fsp3) is 0.250. The predicted molar refractivity (Wildman–Crippen MR) is 82.7 cm³/mol. The second-order valence-corrected chi connectivity index (χ2v) is 5.06. The van der Waals surface area contributed by atoms with E-state index in [1.807, 2.05) is 0 Å². The van der Waals surface area contributed by atoms with Gasteiger partial charge in [-0.25, -0.2) is 8.78 Å². The van der Waals surface area contributed by atoms with Crippen LogP contribution in [0.4, 0.5) is 14.5 Å². The summed E-state index contributed by atoms with van der Waals surface area (Å²) in [4.78, 5) is 10.4. The molecule has 0 aliphatic rings. The summed E-state index contributed by atoms with van der Waals surface area (Å²) in [5.74, 6) is -1.91. The zero-order valence-electron chi connectivity index (χ0n) is 12.6. The first-order valence-corrected chi connectivity index (χ1v) is 7.16. The van der Waals surface area contributed by atoms with Gasteiger partial charge in [0.2, 0.25) is 0 Å². The molecule has 0 saturated heterocycles. The van der Waals surface area contributed by atoms with Crippen molar-refractivity contribution in [1.29, 1.82) is 0 Å². The van der Waals surface area contributed by atoms with E-state index in [-0.39, 0.29) is 31.1 Å². The van der Waals surface area contributed by atoms with Gasteiger partial charge in [0, 0.05) is 30.8 Å². The molecule has 0 aliphatic carbocycles. The molecule has 1 unspecified atom stereocenters. The third kappa shape index (κ3) is 4.97. The van der Waals surface area contributed by atoms with E-state index in [1.165, 1.54) is 12.1 Å². The fourth-order valence-electron chi connectivity index (χ4n) is 2.03. The first-order chi connectivity index (χ1) is 11.5. The number of benzene rings is 2. The molecule has 2 N–H and O–H groups in total. The third-order valence-electron chi connectivity index (χ3n) is 3.22. The molecule has 2 rings (SSSR count). The molecule has 0 bridgehead atoms. The normalized spacial score (nSPS) is 12.0. The Morgan fingerprint density at radius 3 is 2.67 bits per heavy atom. The van der Waals surface area contributed by atoms with Gasteiger partial charge in [0.05, 0.1) is 4.92 Å². The van der Waals surface area contributed by atoms with Gasteiger partial charge in [-0.05, 0) is 12.1 Å². The van der Waals surface area contributed by atoms with Crippen molar-refractivity contribution in [2.45, 2.75) is 12.6 Å². The minimum absolute atomic E-state index is 0.00229. The molecule has 8 heteroatoms. The summed E-state index contributed by atoms with van der Waals surface area (Å²) in [6, 6.07) is 9.37. The molecular formula is C16H16F2N2O4. The highest BCUT2D eigenvalue weighted by Gasteiger charge is 2.13. The highest BCUT2D eigenvalue weighted by molar-refractivity contribution is 5.39. The van der Waals surface area contributed by atoms with Crippen LogP contribution < -0.4 is 10.1 Å². The molecule has 0 fully saturated rings. The van der Waals surface area contributed by atoms with E-state index < -0.39 is 22.7 Å². The van der Waals surface area contributed by atoms with Crippen molar-refractivity contribution in [1.82, 2.24) is 5.32 Å². The average Bonchev–Trinajstić information content (AvgIpc) is 2.56. The van der Waals surface area contributed by atoms with Gasteiger partial charge < -0.3 is 15.2 Å². The smallest absolute Gasteiger partial charge is 0.273 e. The van der Waals surface area contributed by atoms with Crippen LogP contribution in [0.25, 0.3) is 0 Å². The lowest BCUT2D eigenvalue weighted by Crippen LogP contribution is -2.31. The van der Waals surface area contributed by atoms with Crippen molar-refractivity contribution >= 4 is 5.69 Å². The summed E-state index contributed by atoms with van der Waals surface area (Å²) in [6.45, 7) is 0.198. The van der Waals surface area contributed by atoms with Crippen LogP contribution in [0.5, 0.6) is 5.75 Å². The van der Waals surface area contributed by atoms with E-state index in [0.29, 0.717) is 5.56 Å². The topological polar surface area (TPSA) is 84.6 Å². The number of ether oxygens (including phenoxy) is 1. The Morgan fingerprint density at radius 1 is 1.21 bits per heavy atom. The van der Waals surface area contributed by atoms with E-state index in [2.05, 4.69) is 5.32 Å². The Labute approximate surface area is 136 Å². The van der Waals surface area contributed by atoms with Crippen LogP contribution in [-0.4, -0.2) is 29.3 Å². The maximum atomic E-state index is 13.0. The number of nitrogens with one attached hydrogen (secondary N) is 1. The fourth-order valence-corrected chi connectivity index (χ4v) is 2.03. The van der Waals surface area contributed by atoms with Crippen molar-refractivity contribution in [3.8, 4) is 5.75 Å². The minimum Gasteiger partial charge on any atom is -0.491 e. The average molecular weight is 338 g/mol. The number of para-hydroxylation sites is 1. The highest BCUT2D eigenvalue weighted by atomic mass is 19.2. The zero-order valence-corrected chi connectivity index (χ0v) is 12.6. The second kappa shape index (κ2) is 8.32. The maximum Gasteiger partial charge on any atom is 0.273 e. The van der Waals surface area contributed by atoms with Crippen LogP contribution in [-0.2, 0) is 6.54 Å². The SMILES string of the molecule is O=[N+]([O-])c1ccccc1CNCC(O)COc1ccc(F)c(F)c1. The molecular weight excluding hydrogens is 322 g/mol. The van der Waals surface area contributed by atoms with Gasteiger partial charge in [-0.2, -0.15) is 0 Å². The van der Waals surface area contributed by atoms with Gasteiger partial charge in [-0.3, -0.25) is 10.1 Å². The highest BCUT2D eigenvalue weighted by Crippen LogP contribution is 2.17. The molecule has 0 aromatic heterocycles. The number of halogens is 2. The summed E-state index contributed by atoms with van der Waals surface area (Å²) in [6.07, 6.45) is -0.916. The van der Waals surface area contributed by atoms with E-state index in [1.54, 1.807) is 18.2 Å². The number of aliphatic hydroxyl groups is 1. The molecule has 0 spiro atoms. The van der Waals surface area contributed by atoms with Crippen molar-refractivity contribution < 1.29 is 23.5 Å². The molecule has 0 amide bonds. The van der Waals surface area contributed by atoms with Crippen LogP contribution in [0.15, 0.2) is 42.5 Å². The molecule has 0 saturated carbocycles. The molecule has 0 heterocycles. The van der Waals surface area contributed by atoms with Gasteiger partial charge in [0.15, 0.2) is 11.6 Å². The standard InChI is InChI=1S/C16H16F2N2O4/c17-14-6-5-13(7-15(14)18)24-10-12(21)9-19-8-11-3-1-2-4-16(11)20(22)23/h1-7,12,19,21H,8-10H2. The number of aliphatic hydroxyl groups excluding tert-OH is 1. The summed E-state index contributed by atoms with van der Waals surface area (Å²) >= 11 is 0. The first kappa shape index (κ1) is 17.8. The Balaban J connectivity index is 1.78. The summed E-state index contributed by atoms with van der Waals surface area (Å²) in [5, 5.41) is 23.6. The van der Waals surface area contributed by atoms with E-state index in [0.717, 1.165) is 12.1 Å². The van der Waals surface area contributed by atoms with Gasteiger partial charge in [-0.15, -0.1) is 0 Å². The lowest BCUT2D eigenvalue weighted by Gasteiger charge is -2.13. The predicted octanol–water partition coefficient (Wildman–Crippen LogP) is 2.40. The van der Waals surface area contributed by atoms with Crippen LogP contribution in [0, 0.1) is 21.7 Å². The Kier molecular flexibility index (Phi) is 6.16. The third-order valence-corrected chi connectivity index (χ3v) is 3.22. The van der Waals surface area contributed by atoms with Crippen molar-refractivity contribution in [3.63, 3.8) is 0 Å². The summed E-state index contributed by atoms with van der Waals surface area (Å²) in [5.41, 5.74) is 0.494. The van der Waals surface area contributed by atoms with Crippen LogP contribution >= 0.6 is 0 Å². The van der Waals surface area contributed by atoms with Crippen LogP contribution in [0.1, 0.15) is 5.56 Å². The number of nitro benzene ring substituents is 1. The lowest BCUT2D eigenvalue weighted by molar-refractivity contribution is -0.385. The molecule has 24 heavy (non-hydrogen) atoms. The Hall–Kier alpha value is -2.58. The number of hydrogen-bond donors (Lipinski definition) is 2. The van der Waals surface area contributed by atoms with Gasteiger partial charge in [0.25, 0.3) is 5.69 Å². The van der Waals surface area contributed by atoms with E-state index in [9.17, 15) is 24.0 Å². The number of rotatable bonds is 8. The minimum atomic E-state index is -1.03. The summed E-state index contributed by atoms with van der Waals surface area (Å²) in [7, 11) is 0. The largest absolute Gasteiger partial charge is 0.491 e. The molecule has 2 aromatic rings. The summed E-state index contributed by atoms with van der Waals surface area (Å²) < 4.78 is 31.0. The second-order valence-electron chi connectivity index (χ2n) is 5.06. The van der Waals surface area contributed by atoms with E-state index >= 15 is 0 Å². The monoisotopic (exact) mass is 338 g/mol. The number of nitrogens with zero attached hydrogens (tertiary/aromatic N) is 1. The quantitative estimate of drug-likeness (QED) is 0.570. The first-order valence-electron chi connectivity index (χ1n) is 7.16. The molecule has 1 atom stereocenters. The Bertz CT molecular complexity index is 712. The van der Waals surface area contributed by atoms with Gasteiger partial charge in [0.1, 0.15) is 18.5 Å².